The fourth-order valence-corrected chi connectivity index (χ4v) is 13.6. The summed E-state index contributed by atoms with van der Waals surface area (Å²) in [6.45, 7) is 7.57. The molecule has 5 aromatic rings. The molecule has 6 fully saturated rings. The predicted octanol–water partition coefficient (Wildman–Crippen LogP) is 8.64. The Bertz CT molecular complexity index is 3090. The summed E-state index contributed by atoms with van der Waals surface area (Å²) in [5, 5.41) is 14.9. The number of ether oxygens (including phenoxy) is 1. The molecule has 2 aliphatic carbocycles. The summed E-state index contributed by atoms with van der Waals surface area (Å²) in [4.78, 5) is 60.5. The highest BCUT2D eigenvalue weighted by Crippen LogP contribution is 2.54. The van der Waals surface area contributed by atoms with E-state index in [1.165, 1.54) is 24.6 Å². The maximum atomic E-state index is 16.8. The molecule has 12 rings (SSSR count). The molecule has 2 saturated carbocycles. The Morgan fingerprint density at radius 2 is 1.70 bits per heavy atom. The number of nitrogens with zero attached hydrogens (tertiary/aromatic N) is 7. The second-order valence-electron chi connectivity index (χ2n) is 22.4. The molecule has 0 bridgehead atoms. The van der Waals surface area contributed by atoms with Crippen molar-refractivity contribution in [3.05, 3.63) is 76.2 Å². The first-order valence-corrected chi connectivity index (χ1v) is 26.1. The number of hydrogen-bond donors (Lipinski definition) is 3. The molecule has 73 heavy (non-hydrogen) atoms. The fraction of sp³-hybridized carbons (Fsp3) is 0.519. The van der Waals surface area contributed by atoms with Gasteiger partial charge in [-0.05, 0) is 150 Å². The Balaban J connectivity index is 0.681. The van der Waals surface area contributed by atoms with E-state index in [2.05, 4.69) is 37.2 Å². The smallest absolute Gasteiger partial charge is 0.418 e. The van der Waals surface area contributed by atoms with Crippen LogP contribution in [0.5, 0.6) is 6.01 Å². The molecule has 19 heteroatoms. The average Bonchev–Trinajstić information content (AvgIpc) is 4.05. The van der Waals surface area contributed by atoms with Gasteiger partial charge < -0.3 is 30.3 Å². The number of halogens is 5. The Kier molecular flexibility index (Phi) is 11.7. The van der Waals surface area contributed by atoms with Crippen molar-refractivity contribution in [2.45, 2.75) is 114 Å². The van der Waals surface area contributed by atoms with Crippen LogP contribution in [0.15, 0.2) is 48.7 Å². The first-order chi connectivity index (χ1) is 34.9. The number of pyridine rings is 1. The Morgan fingerprint density at radius 1 is 0.932 bits per heavy atom. The summed E-state index contributed by atoms with van der Waals surface area (Å²) >= 11 is 6.05. The molecule has 5 aliphatic heterocycles. The SMILES string of the molecule is C[C@@]1(O)CCCN(c2nc(OCC3(CN4CCC5(CC4)CC(N4CCC(c6ccc7c8c(cccc68)C(=O)N7C6CCC(=O)NC6=O)CC4)C5)CC3)nc3c(F)c(-c4cc(N)cc(Cl)c4C(F)(F)F)ncc23)C1. The van der Waals surface area contributed by atoms with Crippen LogP contribution >= 0.6 is 11.6 Å². The van der Waals surface area contributed by atoms with Gasteiger partial charge in [-0.15, -0.1) is 0 Å². The van der Waals surface area contributed by atoms with Crippen LogP contribution in [-0.2, 0) is 15.8 Å². The highest BCUT2D eigenvalue weighted by molar-refractivity contribution is 6.32. The molecule has 14 nitrogen and oxygen atoms in total. The van der Waals surface area contributed by atoms with Crippen molar-refractivity contribution in [3.63, 3.8) is 0 Å². The topological polar surface area (TPSA) is 170 Å². The van der Waals surface area contributed by atoms with E-state index in [9.17, 15) is 32.7 Å². The Labute approximate surface area is 424 Å². The number of piperidine rings is 4. The van der Waals surface area contributed by atoms with Gasteiger partial charge in [0.1, 0.15) is 23.1 Å². The van der Waals surface area contributed by atoms with Crippen LogP contribution < -0.4 is 25.6 Å². The van der Waals surface area contributed by atoms with Gasteiger partial charge in [-0.2, -0.15) is 23.1 Å². The van der Waals surface area contributed by atoms with Gasteiger partial charge in [0.25, 0.3) is 5.91 Å². The fourth-order valence-electron chi connectivity index (χ4n) is 13.2. The first kappa shape index (κ1) is 48.3. The van der Waals surface area contributed by atoms with Crippen molar-refractivity contribution < 1.29 is 41.8 Å². The third kappa shape index (κ3) is 8.72. The number of β-amino-alcohol motifs (C(OH)–C–C–N with tert-alkyl or cyclic N) is 1. The molecule has 2 atom stereocenters. The number of hydrogen-bond acceptors (Lipinski definition) is 12. The maximum Gasteiger partial charge on any atom is 0.418 e. The van der Waals surface area contributed by atoms with Gasteiger partial charge in [0, 0.05) is 65.9 Å². The Morgan fingerprint density at radius 3 is 2.41 bits per heavy atom. The zero-order valence-corrected chi connectivity index (χ0v) is 41.4. The van der Waals surface area contributed by atoms with Gasteiger partial charge in [0.05, 0.1) is 33.9 Å². The van der Waals surface area contributed by atoms with Crippen molar-refractivity contribution in [1.29, 1.82) is 0 Å². The van der Waals surface area contributed by atoms with Gasteiger partial charge in [-0.1, -0.05) is 29.8 Å². The number of likely N-dealkylation sites (tertiary alicyclic amines) is 2. The number of imide groups is 1. The van der Waals surface area contributed by atoms with Crippen LogP contribution in [0.3, 0.4) is 0 Å². The summed E-state index contributed by atoms with van der Waals surface area (Å²) in [5.41, 5.74) is 4.88. The van der Waals surface area contributed by atoms with E-state index in [0.717, 1.165) is 99.8 Å². The monoisotopic (exact) mass is 1020 g/mol. The lowest BCUT2D eigenvalue weighted by molar-refractivity contribution is -0.137. The average molecular weight is 1020 g/mol. The molecular formula is C54H58ClF4N9O5. The summed E-state index contributed by atoms with van der Waals surface area (Å²) in [6, 6.07) is 11.8. The van der Waals surface area contributed by atoms with Crippen LogP contribution in [0.25, 0.3) is 32.9 Å². The molecule has 1 unspecified atom stereocenters. The summed E-state index contributed by atoms with van der Waals surface area (Å²) < 4.78 is 66.1. The van der Waals surface area contributed by atoms with E-state index in [0.29, 0.717) is 48.7 Å². The lowest BCUT2D eigenvalue weighted by Gasteiger charge is -2.56. The Hall–Kier alpha value is -5.69. The van der Waals surface area contributed by atoms with Crippen molar-refractivity contribution >= 4 is 68.2 Å². The lowest BCUT2D eigenvalue weighted by atomic mass is 9.59. The number of nitrogens with two attached hydrogens (primary N) is 1. The summed E-state index contributed by atoms with van der Waals surface area (Å²) in [7, 11) is 0. The number of fused-ring (bicyclic) bond motifs is 1. The molecule has 3 aromatic carbocycles. The van der Waals surface area contributed by atoms with Gasteiger partial charge in [-0.25, -0.2) is 4.39 Å². The van der Waals surface area contributed by atoms with E-state index >= 15 is 4.39 Å². The molecule has 384 valence electrons. The molecular weight excluding hydrogens is 966 g/mol. The summed E-state index contributed by atoms with van der Waals surface area (Å²) in [5.74, 6) is -1.36. The number of carbonyl (C=O) groups excluding carboxylic acids is 3. The molecule has 1 spiro atoms. The minimum absolute atomic E-state index is 0.0854. The normalized spacial score (nSPS) is 24.7. The maximum absolute atomic E-state index is 16.8. The predicted molar refractivity (Wildman–Crippen MR) is 268 cm³/mol. The molecule has 7 aliphatic rings. The third-order valence-electron chi connectivity index (χ3n) is 17.3. The standard InChI is InChI=1S/C54H58ClF4N9O5/c1-51(72)12-3-17-67(27-51)47-37-26-61-45(36-22-31(60)23-38(55)43(36)54(57,58)59)44(56)46(37)63-50(64-47)73-29-53(13-14-53)28-65-20-15-52(16-21-65)24-32(25-52)66-18-10-30(11-19-66)33-6-7-39-42-34(33)4-2-5-35(42)49(71)68(39)40-8-9-41(69)62-48(40)70/h2,4-7,22-23,26,30,32,40,72H,3,8-21,24-25,27-29,60H2,1H3,(H,62,69,70)/t40?,51-/m1/s1. The zero-order chi connectivity index (χ0) is 50.8. The van der Waals surface area contributed by atoms with Gasteiger partial charge >= 0.3 is 12.2 Å². The minimum Gasteiger partial charge on any atom is -0.463 e. The lowest BCUT2D eigenvalue weighted by Crippen LogP contribution is -2.56. The van der Waals surface area contributed by atoms with E-state index in [1.807, 2.05) is 23.1 Å². The van der Waals surface area contributed by atoms with E-state index in [1.54, 1.807) is 11.8 Å². The molecule has 4 N–H and O–H groups in total. The number of nitrogens with one attached hydrogen (secondary N) is 1. The molecule has 0 radical (unpaired) electrons. The van der Waals surface area contributed by atoms with E-state index in [-0.39, 0.29) is 65.2 Å². The first-order valence-electron chi connectivity index (χ1n) is 25.7. The van der Waals surface area contributed by atoms with Crippen LogP contribution in [0.1, 0.15) is 111 Å². The van der Waals surface area contributed by atoms with Crippen LogP contribution in [0.2, 0.25) is 5.02 Å². The number of amides is 3. The number of carbonyl (C=O) groups is 3. The van der Waals surface area contributed by atoms with Gasteiger partial charge in [-0.3, -0.25) is 29.6 Å². The number of rotatable bonds is 10. The number of alkyl halides is 3. The molecule has 4 saturated heterocycles. The highest BCUT2D eigenvalue weighted by Gasteiger charge is 2.51. The van der Waals surface area contributed by atoms with Crippen molar-refractivity contribution in [2.75, 3.05) is 68.0 Å². The zero-order valence-electron chi connectivity index (χ0n) is 40.7. The van der Waals surface area contributed by atoms with Crippen LogP contribution in [0, 0.1) is 16.6 Å². The van der Waals surface area contributed by atoms with E-state index in [4.69, 9.17) is 27.1 Å². The number of aromatic nitrogens is 3. The summed E-state index contributed by atoms with van der Waals surface area (Å²) in [6.07, 6.45) is 6.66. The van der Waals surface area contributed by atoms with Crippen molar-refractivity contribution in [1.82, 2.24) is 30.1 Å². The molecule has 2 aromatic heterocycles. The number of aliphatic hydroxyl groups is 1. The van der Waals surface area contributed by atoms with Crippen molar-refractivity contribution in [3.8, 4) is 17.3 Å². The molecule has 3 amide bonds. The quantitative estimate of drug-likeness (QED) is 0.0693. The highest BCUT2D eigenvalue weighted by atomic mass is 35.5. The third-order valence-corrected chi connectivity index (χ3v) is 17.6. The number of benzene rings is 3. The van der Waals surface area contributed by atoms with Crippen LogP contribution in [0.4, 0.5) is 34.8 Å². The minimum atomic E-state index is -4.93. The van der Waals surface area contributed by atoms with Gasteiger partial charge in [0.2, 0.25) is 11.8 Å². The number of nitrogen functional groups attached to an aromatic ring is 1. The molecule has 7 heterocycles. The van der Waals surface area contributed by atoms with Gasteiger partial charge in [0.15, 0.2) is 5.82 Å². The van der Waals surface area contributed by atoms with Crippen LogP contribution in [-0.4, -0.2) is 118 Å². The van der Waals surface area contributed by atoms with E-state index < -0.39 is 51.4 Å². The largest absolute Gasteiger partial charge is 0.463 e. The number of anilines is 3. The second kappa shape index (κ2) is 17.7. The second-order valence-corrected chi connectivity index (χ2v) is 22.8. The van der Waals surface area contributed by atoms with Crippen molar-refractivity contribution in [2.24, 2.45) is 10.8 Å².